The molecule has 8 nitrogen and oxygen atoms in total. The number of carbonyl (C=O) groups is 1. The molecule has 0 bridgehead atoms. The summed E-state index contributed by atoms with van der Waals surface area (Å²) in [5.41, 5.74) is 2.08. The lowest BCUT2D eigenvalue weighted by molar-refractivity contribution is -0.128. The van der Waals surface area contributed by atoms with Crippen LogP contribution in [0.25, 0.3) is 22.0 Å². The third-order valence-electron chi connectivity index (χ3n) is 10.9. The highest BCUT2D eigenvalue weighted by molar-refractivity contribution is 5.94. The maximum absolute atomic E-state index is 16.8. The van der Waals surface area contributed by atoms with Crippen molar-refractivity contribution in [3.63, 3.8) is 0 Å². The van der Waals surface area contributed by atoms with E-state index in [2.05, 4.69) is 28.6 Å². The Morgan fingerprint density at radius 2 is 2.09 bits per heavy atom. The second kappa shape index (κ2) is 11.0. The van der Waals surface area contributed by atoms with Crippen molar-refractivity contribution >= 4 is 22.6 Å². The van der Waals surface area contributed by atoms with Gasteiger partial charge >= 0.3 is 6.01 Å². The van der Waals surface area contributed by atoms with E-state index in [9.17, 15) is 14.4 Å². The second-order valence-corrected chi connectivity index (χ2v) is 13.5. The predicted molar refractivity (Wildman–Crippen MR) is 166 cm³/mol. The van der Waals surface area contributed by atoms with Gasteiger partial charge in [-0.2, -0.15) is 15.2 Å². The van der Waals surface area contributed by atoms with Gasteiger partial charge < -0.3 is 14.5 Å². The summed E-state index contributed by atoms with van der Waals surface area (Å²) in [5, 5.41) is 9.71. The van der Waals surface area contributed by atoms with Crippen molar-refractivity contribution < 1.29 is 22.7 Å². The summed E-state index contributed by atoms with van der Waals surface area (Å²) in [6, 6.07) is 8.60. The normalized spacial score (nSPS) is 28.1. The molecule has 5 aliphatic rings. The van der Waals surface area contributed by atoms with Crippen LogP contribution in [0.5, 0.6) is 6.01 Å². The minimum absolute atomic E-state index is 0.0610. The number of benzene rings is 2. The Kier molecular flexibility index (Phi) is 6.98. The molecule has 4 heterocycles. The lowest BCUT2D eigenvalue weighted by Crippen LogP contribution is -2.55. The molecule has 3 aromatic rings. The third-order valence-corrected chi connectivity index (χ3v) is 10.9. The fourth-order valence-corrected chi connectivity index (χ4v) is 8.63. The number of nitriles is 1. The molecule has 238 valence electrons. The highest BCUT2D eigenvalue weighted by Gasteiger charge is 2.50. The van der Waals surface area contributed by atoms with Crippen molar-refractivity contribution in [3.8, 4) is 23.2 Å². The number of halogens is 3. The van der Waals surface area contributed by atoms with Crippen LogP contribution in [0, 0.1) is 28.9 Å². The van der Waals surface area contributed by atoms with Gasteiger partial charge in [-0.1, -0.05) is 24.8 Å². The highest BCUT2D eigenvalue weighted by Crippen LogP contribution is 2.58. The number of hydrogen-bond donors (Lipinski definition) is 0. The molecule has 0 radical (unpaired) electrons. The second-order valence-electron chi connectivity index (χ2n) is 13.5. The zero-order valence-electron chi connectivity index (χ0n) is 25.5. The van der Waals surface area contributed by atoms with Gasteiger partial charge in [0.25, 0.3) is 0 Å². The number of amides is 1. The monoisotopic (exact) mass is 628 g/mol. The summed E-state index contributed by atoms with van der Waals surface area (Å²) in [5.74, 6) is -0.484. The predicted octanol–water partition coefficient (Wildman–Crippen LogP) is 5.31. The average molecular weight is 629 g/mol. The van der Waals surface area contributed by atoms with Crippen LogP contribution in [0.2, 0.25) is 0 Å². The number of anilines is 1. The zero-order chi connectivity index (χ0) is 31.7. The first-order chi connectivity index (χ1) is 22.3. The zero-order valence-corrected chi connectivity index (χ0v) is 25.5. The molecule has 1 aromatic heterocycles. The van der Waals surface area contributed by atoms with Gasteiger partial charge in [0.15, 0.2) is 5.82 Å². The fraction of sp³-hybridized carbons (Fsp3) is 0.486. The fourth-order valence-electron chi connectivity index (χ4n) is 8.63. The van der Waals surface area contributed by atoms with E-state index in [4.69, 9.17) is 9.72 Å². The van der Waals surface area contributed by atoms with Crippen LogP contribution in [0.4, 0.5) is 19.0 Å². The molecular formula is C35H35F3N6O2. The summed E-state index contributed by atoms with van der Waals surface area (Å²) >= 11 is 0. The van der Waals surface area contributed by atoms with E-state index in [0.29, 0.717) is 36.9 Å². The van der Waals surface area contributed by atoms with E-state index in [1.54, 1.807) is 11.0 Å². The molecule has 5 atom stereocenters. The number of fused-ring (bicyclic) bond motifs is 5. The first-order valence-corrected chi connectivity index (χ1v) is 16.2. The van der Waals surface area contributed by atoms with Crippen LogP contribution in [0.15, 0.2) is 36.9 Å². The molecule has 1 saturated carbocycles. The molecular weight excluding hydrogens is 593 g/mol. The van der Waals surface area contributed by atoms with Crippen molar-refractivity contribution in [2.75, 3.05) is 44.2 Å². The number of hydrogen-bond acceptors (Lipinski definition) is 7. The quantitative estimate of drug-likeness (QED) is 0.328. The first kappa shape index (κ1) is 29.2. The summed E-state index contributed by atoms with van der Waals surface area (Å²) in [6.07, 6.45) is 4.36. The number of nitrogens with zero attached hydrogens (tertiary/aromatic N) is 6. The Bertz CT molecular complexity index is 1810. The summed E-state index contributed by atoms with van der Waals surface area (Å²) in [6.45, 7) is 5.71. The van der Waals surface area contributed by atoms with Gasteiger partial charge in [-0.05, 0) is 72.9 Å². The van der Waals surface area contributed by atoms with Gasteiger partial charge in [-0.3, -0.25) is 9.69 Å². The van der Waals surface area contributed by atoms with Crippen molar-refractivity contribution in [3.05, 3.63) is 59.7 Å². The molecule has 2 aliphatic carbocycles. The van der Waals surface area contributed by atoms with Crippen LogP contribution in [0.1, 0.15) is 49.1 Å². The van der Waals surface area contributed by atoms with Crippen LogP contribution in [0.3, 0.4) is 0 Å². The van der Waals surface area contributed by atoms with Crippen LogP contribution in [-0.2, 0) is 11.2 Å². The lowest BCUT2D eigenvalue weighted by Gasteiger charge is -2.41. The highest BCUT2D eigenvalue weighted by atomic mass is 19.1. The maximum atomic E-state index is 16.8. The van der Waals surface area contributed by atoms with Gasteiger partial charge in [-0.25, -0.2) is 13.2 Å². The number of piperazine rings is 1. The maximum Gasteiger partial charge on any atom is 0.319 e. The topological polar surface area (TPSA) is 85.6 Å². The minimum Gasteiger partial charge on any atom is -0.461 e. The number of aromatic nitrogens is 2. The molecule has 4 fully saturated rings. The first-order valence-electron chi connectivity index (χ1n) is 16.2. The Labute approximate surface area is 265 Å². The Balaban J connectivity index is 1.22. The largest absolute Gasteiger partial charge is 0.461 e. The standard InChI is InChI=1S/C35H35F3N6O2/c1-2-29(45)44-12-11-42(18-22(44)7-9-39)33-27-15-28(37)30(24-6-3-5-23-25-13-20(25)14-26(23)24)31(38)32(27)40-34(41-33)46-19-35-8-4-10-43(35)17-21(36)16-35/h2-3,5-6,15,20-22,25H,1,4,7-8,10-14,16-19H2/t20-,21-,22+,25-,35+/m1/s1. The number of carbonyl (C=O) groups excluding carboxylic acids is 1. The van der Waals surface area contributed by atoms with Crippen molar-refractivity contribution in [2.45, 2.75) is 62.2 Å². The molecule has 46 heavy (non-hydrogen) atoms. The summed E-state index contributed by atoms with van der Waals surface area (Å²) in [7, 11) is 0. The molecule has 1 amide bonds. The van der Waals surface area contributed by atoms with E-state index in [0.717, 1.165) is 37.8 Å². The number of rotatable bonds is 7. The van der Waals surface area contributed by atoms with Crippen molar-refractivity contribution in [1.82, 2.24) is 19.8 Å². The van der Waals surface area contributed by atoms with Gasteiger partial charge in [0.2, 0.25) is 5.91 Å². The molecule has 0 unspecified atom stereocenters. The molecule has 2 aromatic carbocycles. The molecule has 11 heteroatoms. The molecule has 8 rings (SSSR count). The van der Waals surface area contributed by atoms with Gasteiger partial charge in [0, 0.05) is 38.0 Å². The van der Waals surface area contributed by atoms with Crippen LogP contribution in [-0.4, -0.2) is 82.8 Å². The van der Waals surface area contributed by atoms with E-state index in [1.165, 1.54) is 17.7 Å². The van der Waals surface area contributed by atoms with E-state index >= 15 is 8.78 Å². The minimum atomic E-state index is -0.940. The van der Waals surface area contributed by atoms with Crippen molar-refractivity contribution in [2.24, 2.45) is 5.92 Å². The van der Waals surface area contributed by atoms with Gasteiger partial charge in [0.1, 0.15) is 29.9 Å². The number of ether oxygens (including phenoxy) is 1. The molecule has 3 saturated heterocycles. The van der Waals surface area contributed by atoms with Crippen molar-refractivity contribution in [1.29, 1.82) is 5.26 Å². The summed E-state index contributed by atoms with van der Waals surface area (Å²) < 4.78 is 53.6. The van der Waals surface area contributed by atoms with E-state index < -0.39 is 29.4 Å². The molecule has 0 spiro atoms. The smallest absolute Gasteiger partial charge is 0.319 e. The van der Waals surface area contributed by atoms with E-state index in [1.807, 2.05) is 11.0 Å². The number of alkyl halides is 1. The summed E-state index contributed by atoms with van der Waals surface area (Å²) in [4.78, 5) is 27.3. The SMILES string of the molecule is C=CC(=O)N1CCN(c2nc(OC[C@@]34CCCN3C[C@H](F)C4)nc3c(F)c(-c4cccc5c4C[C@H]4C[C@@H]54)c(F)cc23)C[C@@H]1CC#N. The Hall–Kier alpha value is -4.17. The Morgan fingerprint density at radius 3 is 2.91 bits per heavy atom. The average Bonchev–Trinajstić information content (AvgIpc) is 3.39. The van der Waals surface area contributed by atoms with Crippen LogP contribution >= 0.6 is 0 Å². The Morgan fingerprint density at radius 1 is 1.22 bits per heavy atom. The molecule has 0 N–H and O–H groups in total. The lowest BCUT2D eigenvalue weighted by atomic mass is 9.93. The third kappa shape index (κ3) is 4.63. The molecule has 3 aliphatic heterocycles. The van der Waals surface area contributed by atoms with E-state index in [-0.39, 0.29) is 60.3 Å². The van der Waals surface area contributed by atoms with Crippen LogP contribution < -0.4 is 9.64 Å². The van der Waals surface area contributed by atoms with Gasteiger partial charge in [-0.15, -0.1) is 0 Å². The van der Waals surface area contributed by atoms with Gasteiger partial charge in [0.05, 0.1) is 29.6 Å².